The summed E-state index contributed by atoms with van der Waals surface area (Å²) in [5.74, 6) is 0. The maximum absolute atomic E-state index is 10.2. The summed E-state index contributed by atoms with van der Waals surface area (Å²) in [7, 11) is 0. The van der Waals surface area contributed by atoms with Crippen LogP contribution in [0.15, 0.2) is 24.3 Å². The first kappa shape index (κ1) is 10.0. The van der Waals surface area contributed by atoms with E-state index in [9.17, 15) is 5.11 Å². The minimum Gasteiger partial charge on any atom is -0.232 e. The van der Waals surface area contributed by atoms with Crippen LogP contribution in [0, 0.1) is 11.3 Å². The highest BCUT2D eigenvalue weighted by Crippen LogP contribution is 2.02. The van der Waals surface area contributed by atoms with E-state index in [0.29, 0.717) is 5.56 Å². The van der Waals surface area contributed by atoms with Crippen LogP contribution in [-0.2, 0) is 11.7 Å². The van der Waals surface area contributed by atoms with Crippen LogP contribution in [0.25, 0.3) is 0 Å². The number of benzene rings is 1. The quantitative estimate of drug-likeness (QED) is 0.625. The molecule has 0 atom stereocenters. The van der Waals surface area contributed by atoms with Crippen LogP contribution in [0.4, 0.5) is 0 Å². The number of nitrogens with zero attached hydrogens (tertiary/aromatic N) is 1. The van der Waals surface area contributed by atoms with Gasteiger partial charge in [0, 0.05) is 0 Å². The largest absolute Gasteiger partial charge is 0.232 e. The fraction of sp³-hybridized carbons (Fsp3) is 0.125. The smallest absolute Gasteiger partial charge is 0.107 e. The lowest BCUT2D eigenvalue weighted by molar-refractivity contribution is 0.177. The number of rotatable bonds is 1. The monoisotopic (exact) mass is 166 g/mol. The Bertz CT molecular complexity index is 250. The Balaban J connectivity index is 0.000001000. The van der Waals surface area contributed by atoms with Crippen LogP contribution >= 0.6 is 13.5 Å². The van der Waals surface area contributed by atoms with E-state index >= 15 is 0 Å². The molecule has 0 spiro atoms. The van der Waals surface area contributed by atoms with E-state index in [0.717, 1.165) is 5.56 Å². The first-order valence-corrected chi connectivity index (χ1v) is 2.94. The van der Waals surface area contributed by atoms with E-state index in [-0.39, 0.29) is 20.1 Å². The topological polar surface area (TPSA) is 43.7 Å². The molecule has 1 radical (unpaired) electrons. The van der Waals surface area contributed by atoms with E-state index in [1.807, 2.05) is 6.07 Å². The molecule has 2 nitrogen and oxygen atoms in total. The summed E-state index contributed by atoms with van der Waals surface area (Å²) in [4.78, 5) is 0. The van der Waals surface area contributed by atoms with Crippen molar-refractivity contribution in [1.29, 1.82) is 5.26 Å². The van der Waals surface area contributed by atoms with Gasteiger partial charge in [-0.05, 0) is 17.7 Å². The molecule has 0 aliphatic heterocycles. The molecule has 1 aromatic carbocycles. The Morgan fingerprint density at radius 2 is 1.82 bits per heavy atom. The van der Waals surface area contributed by atoms with Crippen molar-refractivity contribution in [3.05, 3.63) is 35.4 Å². The van der Waals surface area contributed by atoms with Gasteiger partial charge in [-0.1, -0.05) is 12.1 Å². The van der Waals surface area contributed by atoms with Gasteiger partial charge in [0.1, 0.15) is 6.61 Å². The second-order valence-electron chi connectivity index (χ2n) is 1.95. The van der Waals surface area contributed by atoms with E-state index in [4.69, 9.17) is 5.26 Å². The molecule has 0 unspecified atom stereocenters. The Labute approximate surface area is 72.5 Å². The van der Waals surface area contributed by atoms with Gasteiger partial charge in [0.05, 0.1) is 11.6 Å². The van der Waals surface area contributed by atoms with Crippen LogP contribution in [0.2, 0.25) is 0 Å². The van der Waals surface area contributed by atoms with Gasteiger partial charge in [-0.2, -0.15) is 18.8 Å². The molecule has 11 heavy (non-hydrogen) atoms. The van der Waals surface area contributed by atoms with Gasteiger partial charge in [-0.3, -0.25) is 0 Å². The average molecular weight is 166 g/mol. The fourth-order valence-corrected chi connectivity index (χ4v) is 0.676. The van der Waals surface area contributed by atoms with Crippen LogP contribution in [0.3, 0.4) is 0 Å². The molecule has 0 heterocycles. The molecule has 0 aliphatic rings. The van der Waals surface area contributed by atoms with Gasteiger partial charge in [-0.15, -0.1) is 0 Å². The minimum absolute atomic E-state index is 0. The van der Waals surface area contributed by atoms with E-state index in [1.54, 1.807) is 24.3 Å². The van der Waals surface area contributed by atoms with Crippen molar-refractivity contribution in [2.45, 2.75) is 6.61 Å². The van der Waals surface area contributed by atoms with Crippen LogP contribution in [-0.4, -0.2) is 0 Å². The third-order valence-corrected chi connectivity index (χ3v) is 1.25. The summed E-state index contributed by atoms with van der Waals surface area (Å²) >= 11 is 0. The Morgan fingerprint density at radius 1 is 1.27 bits per heavy atom. The standard InChI is InChI=1S/C8H6NO.H2S/c9-5-7-1-3-8(6-10)4-2-7;/h1-4H,6H2;1H2. The fourth-order valence-electron chi connectivity index (χ4n) is 0.676. The first-order chi connectivity index (χ1) is 4.86. The lowest BCUT2D eigenvalue weighted by Gasteiger charge is -1.91. The van der Waals surface area contributed by atoms with Gasteiger partial charge in [0.25, 0.3) is 0 Å². The van der Waals surface area contributed by atoms with Crippen LogP contribution in [0.5, 0.6) is 0 Å². The molecule has 0 N–H and O–H groups in total. The summed E-state index contributed by atoms with van der Waals surface area (Å²) in [5.41, 5.74) is 1.32. The zero-order valence-corrected chi connectivity index (χ0v) is 6.87. The van der Waals surface area contributed by atoms with Crippen molar-refractivity contribution in [2.75, 3.05) is 0 Å². The minimum atomic E-state index is -0.217. The zero-order chi connectivity index (χ0) is 7.40. The lowest BCUT2D eigenvalue weighted by atomic mass is 10.2. The Hall–Kier alpha value is -0.980. The molecule has 0 aromatic heterocycles. The molecule has 0 saturated carbocycles. The van der Waals surface area contributed by atoms with Crippen molar-refractivity contribution in [3.8, 4) is 6.07 Å². The Morgan fingerprint density at radius 3 is 2.18 bits per heavy atom. The molecule has 3 heteroatoms. The summed E-state index contributed by atoms with van der Waals surface area (Å²) in [6, 6.07) is 8.61. The highest BCUT2D eigenvalue weighted by atomic mass is 32.1. The lowest BCUT2D eigenvalue weighted by Crippen LogP contribution is -1.80. The molecule has 0 aliphatic carbocycles. The van der Waals surface area contributed by atoms with Crippen LogP contribution in [0.1, 0.15) is 11.1 Å². The zero-order valence-electron chi connectivity index (χ0n) is 5.87. The van der Waals surface area contributed by atoms with Gasteiger partial charge < -0.3 is 0 Å². The summed E-state index contributed by atoms with van der Waals surface area (Å²) < 4.78 is 0. The highest BCUT2D eigenvalue weighted by molar-refractivity contribution is 7.59. The molecule has 0 fully saturated rings. The molecule has 1 rings (SSSR count). The first-order valence-electron chi connectivity index (χ1n) is 2.94. The second kappa shape index (κ2) is 4.78. The van der Waals surface area contributed by atoms with Crippen LogP contribution < -0.4 is 0 Å². The molecule has 0 amide bonds. The average Bonchev–Trinajstić information content (AvgIpc) is 2.05. The normalized spacial score (nSPS) is 8.00. The molecular weight excluding hydrogens is 158 g/mol. The number of hydrogen-bond donors (Lipinski definition) is 0. The van der Waals surface area contributed by atoms with Crippen molar-refractivity contribution >= 4 is 13.5 Å². The molecular formula is C8H8NOS. The van der Waals surface area contributed by atoms with Gasteiger partial charge in [0.15, 0.2) is 0 Å². The molecule has 57 valence electrons. The van der Waals surface area contributed by atoms with Crippen molar-refractivity contribution in [3.63, 3.8) is 0 Å². The maximum Gasteiger partial charge on any atom is 0.107 e. The Kier molecular flexibility index (Phi) is 4.35. The maximum atomic E-state index is 10.2. The third-order valence-electron chi connectivity index (χ3n) is 1.25. The van der Waals surface area contributed by atoms with E-state index in [2.05, 4.69) is 0 Å². The highest BCUT2D eigenvalue weighted by Gasteiger charge is 1.90. The number of hydrogen-bond acceptors (Lipinski definition) is 1. The summed E-state index contributed by atoms with van der Waals surface area (Å²) in [6.07, 6.45) is 0. The van der Waals surface area contributed by atoms with Crippen molar-refractivity contribution in [1.82, 2.24) is 0 Å². The second-order valence-corrected chi connectivity index (χ2v) is 1.95. The predicted octanol–water partition coefficient (Wildman–Crippen LogP) is 1.60. The van der Waals surface area contributed by atoms with Crippen molar-refractivity contribution < 1.29 is 5.11 Å². The summed E-state index contributed by atoms with van der Waals surface area (Å²) in [5, 5.41) is 18.6. The summed E-state index contributed by atoms with van der Waals surface area (Å²) in [6.45, 7) is -0.217. The predicted molar refractivity (Wildman–Crippen MR) is 45.9 cm³/mol. The molecule has 0 bridgehead atoms. The number of nitriles is 1. The van der Waals surface area contributed by atoms with E-state index < -0.39 is 0 Å². The third kappa shape index (κ3) is 2.62. The van der Waals surface area contributed by atoms with Gasteiger partial charge in [0.2, 0.25) is 0 Å². The van der Waals surface area contributed by atoms with E-state index in [1.165, 1.54) is 0 Å². The SMILES string of the molecule is N#Cc1ccc(C[O])cc1.S. The van der Waals surface area contributed by atoms with Gasteiger partial charge in [-0.25, -0.2) is 5.11 Å². The van der Waals surface area contributed by atoms with Gasteiger partial charge >= 0.3 is 0 Å². The molecule has 0 saturated heterocycles. The van der Waals surface area contributed by atoms with Crippen molar-refractivity contribution in [2.24, 2.45) is 0 Å². The molecule has 1 aromatic rings.